The Labute approximate surface area is 129 Å². The van der Waals surface area contributed by atoms with E-state index in [1.54, 1.807) is 0 Å². The Bertz CT molecular complexity index is 499. The summed E-state index contributed by atoms with van der Waals surface area (Å²) >= 11 is 3.64. The van der Waals surface area contributed by atoms with Crippen molar-refractivity contribution in [3.05, 3.63) is 27.7 Å². The minimum absolute atomic E-state index is 0.192. The molecule has 1 aromatic carbocycles. The van der Waals surface area contributed by atoms with Crippen LogP contribution in [0.3, 0.4) is 0 Å². The highest BCUT2D eigenvalue weighted by Gasteiger charge is 2.29. The van der Waals surface area contributed by atoms with Gasteiger partial charge < -0.3 is 10.1 Å². The summed E-state index contributed by atoms with van der Waals surface area (Å²) in [6.07, 6.45) is -0.192. The van der Waals surface area contributed by atoms with Gasteiger partial charge in [-0.3, -0.25) is 4.79 Å². The first-order valence-electron chi connectivity index (χ1n) is 7.12. The predicted octanol–water partition coefficient (Wildman–Crippen LogP) is 4.48. The van der Waals surface area contributed by atoms with Crippen LogP contribution in [0.25, 0.3) is 0 Å². The van der Waals surface area contributed by atoms with Crippen molar-refractivity contribution in [2.75, 3.05) is 11.9 Å². The van der Waals surface area contributed by atoms with Gasteiger partial charge in [0.15, 0.2) is 0 Å². The Kier molecular flexibility index (Phi) is 4.74. The Morgan fingerprint density at radius 1 is 1.35 bits per heavy atom. The maximum Gasteiger partial charge on any atom is 0.293 e. The third-order valence-electron chi connectivity index (χ3n) is 3.98. The lowest BCUT2D eigenvalue weighted by Gasteiger charge is -2.22. The van der Waals surface area contributed by atoms with Crippen LogP contribution < -0.4 is 5.32 Å². The molecule has 1 N–H and O–H groups in total. The number of fused-ring (bicyclic) bond motifs is 1. The van der Waals surface area contributed by atoms with Gasteiger partial charge in [-0.05, 0) is 51.0 Å². The summed E-state index contributed by atoms with van der Waals surface area (Å²) in [6, 6.07) is 4.25. The first kappa shape index (κ1) is 15.4. The minimum Gasteiger partial charge on any atom is -0.459 e. The van der Waals surface area contributed by atoms with E-state index in [2.05, 4.69) is 61.1 Å². The maximum atomic E-state index is 10.7. The SMILES string of the molecule is CC(C)C1CNc2c(Br)cc(C(OC=O)C(C)C)cc21. The van der Waals surface area contributed by atoms with Crippen molar-refractivity contribution >= 4 is 28.1 Å². The molecule has 0 aromatic heterocycles. The average Bonchev–Trinajstić information content (AvgIpc) is 2.79. The van der Waals surface area contributed by atoms with E-state index in [-0.39, 0.29) is 12.0 Å². The molecule has 20 heavy (non-hydrogen) atoms. The number of anilines is 1. The Balaban J connectivity index is 2.44. The fourth-order valence-corrected chi connectivity index (χ4v) is 3.52. The monoisotopic (exact) mass is 339 g/mol. The van der Waals surface area contributed by atoms with E-state index in [9.17, 15) is 4.79 Å². The molecule has 2 atom stereocenters. The van der Waals surface area contributed by atoms with Crippen molar-refractivity contribution in [3.8, 4) is 0 Å². The van der Waals surface area contributed by atoms with E-state index in [1.165, 1.54) is 11.3 Å². The molecule has 0 aliphatic carbocycles. The largest absolute Gasteiger partial charge is 0.459 e. The molecule has 0 spiro atoms. The van der Waals surface area contributed by atoms with Gasteiger partial charge in [-0.2, -0.15) is 0 Å². The highest BCUT2D eigenvalue weighted by atomic mass is 79.9. The highest BCUT2D eigenvalue weighted by molar-refractivity contribution is 9.10. The molecular formula is C16H22BrNO2. The van der Waals surface area contributed by atoms with Crippen LogP contribution in [0.4, 0.5) is 5.69 Å². The second-order valence-electron chi connectivity index (χ2n) is 6.10. The zero-order valence-corrected chi connectivity index (χ0v) is 14.0. The lowest BCUT2D eigenvalue weighted by Crippen LogP contribution is -2.12. The number of rotatable bonds is 5. The standard InChI is InChI=1S/C16H22BrNO2/c1-9(2)13-7-18-15-12(13)5-11(6-14(15)17)16(10(3)4)20-8-19/h5-6,8-10,13,16,18H,7H2,1-4H3. The summed E-state index contributed by atoms with van der Waals surface area (Å²) in [6.45, 7) is 10.1. The highest BCUT2D eigenvalue weighted by Crippen LogP contribution is 2.43. The summed E-state index contributed by atoms with van der Waals surface area (Å²) < 4.78 is 6.33. The van der Waals surface area contributed by atoms with Crippen LogP contribution in [-0.2, 0) is 9.53 Å². The molecule has 0 saturated carbocycles. The molecular weight excluding hydrogens is 318 g/mol. The normalized spacial score (nSPS) is 18.9. The van der Waals surface area contributed by atoms with Gasteiger partial charge in [0.1, 0.15) is 6.10 Å². The number of carbonyl (C=O) groups excluding carboxylic acids is 1. The molecule has 1 aliphatic heterocycles. The van der Waals surface area contributed by atoms with Gasteiger partial charge in [-0.1, -0.05) is 27.7 Å². The minimum atomic E-state index is -0.192. The molecule has 0 amide bonds. The molecule has 110 valence electrons. The number of hydrogen-bond acceptors (Lipinski definition) is 3. The summed E-state index contributed by atoms with van der Waals surface area (Å²) in [5.41, 5.74) is 3.57. The molecule has 0 bridgehead atoms. The maximum absolute atomic E-state index is 10.7. The quantitative estimate of drug-likeness (QED) is 0.803. The number of ether oxygens (including phenoxy) is 1. The molecule has 0 saturated heterocycles. The van der Waals surface area contributed by atoms with Crippen LogP contribution in [-0.4, -0.2) is 13.0 Å². The van der Waals surface area contributed by atoms with E-state index in [1.807, 2.05) is 0 Å². The van der Waals surface area contributed by atoms with Crippen LogP contribution in [0.5, 0.6) is 0 Å². The van der Waals surface area contributed by atoms with Gasteiger partial charge >= 0.3 is 0 Å². The summed E-state index contributed by atoms with van der Waals surface area (Å²) in [5.74, 6) is 1.33. The lowest BCUT2D eigenvalue weighted by molar-refractivity contribution is -0.136. The third kappa shape index (κ3) is 2.85. The van der Waals surface area contributed by atoms with Crippen molar-refractivity contribution in [3.63, 3.8) is 0 Å². The van der Waals surface area contributed by atoms with Crippen LogP contribution in [0.15, 0.2) is 16.6 Å². The van der Waals surface area contributed by atoms with Crippen molar-refractivity contribution in [1.29, 1.82) is 0 Å². The van der Waals surface area contributed by atoms with Crippen molar-refractivity contribution < 1.29 is 9.53 Å². The summed E-state index contributed by atoms with van der Waals surface area (Å²) in [4.78, 5) is 10.7. The van der Waals surface area contributed by atoms with Gasteiger partial charge in [0.2, 0.25) is 0 Å². The van der Waals surface area contributed by atoms with Crippen LogP contribution in [0, 0.1) is 11.8 Å². The van der Waals surface area contributed by atoms with Crippen molar-refractivity contribution in [2.24, 2.45) is 11.8 Å². The van der Waals surface area contributed by atoms with E-state index >= 15 is 0 Å². The van der Waals surface area contributed by atoms with Gasteiger partial charge in [0.25, 0.3) is 6.47 Å². The van der Waals surface area contributed by atoms with Crippen LogP contribution in [0.2, 0.25) is 0 Å². The molecule has 3 nitrogen and oxygen atoms in total. The van der Waals surface area contributed by atoms with Gasteiger partial charge in [0, 0.05) is 16.9 Å². The molecule has 0 radical (unpaired) electrons. The van der Waals surface area contributed by atoms with Gasteiger partial charge in [-0.25, -0.2) is 0 Å². The second-order valence-corrected chi connectivity index (χ2v) is 6.95. The van der Waals surface area contributed by atoms with E-state index in [0.29, 0.717) is 18.3 Å². The predicted molar refractivity (Wildman–Crippen MR) is 84.9 cm³/mol. The zero-order chi connectivity index (χ0) is 14.9. The first-order chi connectivity index (χ1) is 9.45. The summed E-state index contributed by atoms with van der Waals surface area (Å²) in [5, 5.41) is 3.47. The van der Waals surface area contributed by atoms with Crippen molar-refractivity contribution in [2.45, 2.75) is 39.7 Å². The number of nitrogens with one attached hydrogen (secondary N) is 1. The fraction of sp³-hybridized carbons (Fsp3) is 0.562. The zero-order valence-electron chi connectivity index (χ0n) is 12.4. The van der Waals surface area contributed by atoms with Crippen LogP contribution >= 0.6 is 15.9 Å². The Morgan fingerprint density at radius 3 is 2.60 bits per heavy atom. The number of carbonyl (C=O) groups is 1. The molecule has 2 rings (SSSR count). The smallest absolute Gasteiger partial charge is 0.293 e. The number of benzene rings is 1. The first-order valence-corrected chi connectivity index (χ1v) is 7.91. The average molecular weight is 340 g/mol. The van der Waals surface area contributed by atoms with Gasteiger partial charge in [0.05, 0.1) is 5.69 Å². The molecule has 1 aromatic rings. The molecule has 1 aliphatic rings. The molecule has 0 fully saturated rings. The van der Waals surface area contributed by atoms with E-state index in [4.69, 9.17) is 4.74 Å². The Morgan fingerprint density at radius 2 is 2.05 bits per heavy atom. The fourth-order valence-electron chi connectivity index (χ4n) is 2.89. The Hall–Kier alpha value is -1.03. The molecule has 1 heterocycles. The number of halogens is 1. The van der Waals surface area contributed by atoms with Crippen LogP contribution in [0.1, 0.15) is 50.8 Å². The lowest BCUT2D eigenvalue weighted by atomic mass is 9.88. The van der Waals surface area contributed by atoms with Crippen molar-refractivity contribution in [1.82, 2.24) is 0 Å². The van der Waals surface area contributed by atoms with E-state index < -0.39 is 0 Å². The molecule has 2 unspecified atom stereocenters. The number of hydrogen-bond donors (Lipinski definition) is 1. The summed E-state index contributed by atoms with van der Waals surface area (Å²) in [7, 11) is 0. The van der Waals surface area contributed by atoms with Gasteiger partial charge in [-0.15, -0.1) is 0 Å². The molecule has 4 heteroatoms. The topological polar surface area (TPSA) is 38.3 Å². The second kappa shape index (κ2) is 6.17. The third-order valence-corrected chi connectivity index (χ3v) is 4.61. The van der Waals surface area contributed by atoms with E-state index in [0.717, 1.165) is 16.6 Å².